The van der Waals surface area contributed by atoms with Crippen molar-refractivity contribution < 1.29 is 14.3 Å². The molecule has 0 unspecified atom stereocenters. The van der Waals surface area contributed by atoms with Gasteiger partial charge in [-0.2, -0.15) is 15.5 Å². The summed E-state index contributed by atoms with van der Waals surface area (Å²) in [5.74, 6) is -0.489. The molecule has 0 radical (unpaired) electrons. The first kappa shape index (κ1) is 26.2. The number of aliphatic hydroxyl groups is 1. The van der Waals surface area contributed by atoms with Crippen molar-refractivity contribution in [1.29, 1.82) is 5.26 Å². The van der Waals surface area contributed by atoms with E-state index >= 15 is 0 Å². The molecule has 4 aromatic heterocycles. The Bertz CT molecular complexity index is 1500. The molecule has 1 aliphatic rings. The number of halogens is 1. The third kappa shape index (κ3) is 5.73. The minimum atomic E-state index is -1.63. The number of anilines is 1. The standard InChI is InChI=1S/C27H30FN9O2/c1-27(2,39)25(28)14-32-26(38)21-13-31-23(24-8-7-20-9-17(11-29)12-33-37(20)24)10-22(21)35-18-3-5-19(6-4-18)36-16-30-15-34-36/h7-10,12-13,15-16,18-19,25,39H,3-6,14H2,1-2H3,(H,31,35)(H,32,38)/t18?,19?,25-/m1/s1. The predicted octanol–water partition coefficient (Wildman–Crippen LogP) is 3.29. The van der Waals surface area contributed by atoms with Crippen LogP contribution < -0.4 is 10.6 Å². The first-order valence-corrected chi connectivity index (χ1v) is 12.9. The maximum absolute atomic E-state index is 14.3. The van der Waals surface area contributed by atoms with Gasteiger partial charge in [0, 0.05) is 12.2 Å². The maximum atomic E-state index is 14.3. The van der Waals surface area contributed by atoms with Crippen molar-refractivity contribution in [2.24, 2.45) is 0 Å². The van der Waals surface area contributed by atoms with Gasteiger partial charge in [-0.1, -0.05) is 0 Å². The highest BCUT2D eigenvalue weighted by molar-refractivity contribution is 6.00. The number of carbonyl (C=O) groups excluding carboxylic acids is 1. The summed E-state index contributed by atoms with van der Waals surface area (Å²) in [6.07, 6.45) is 8.13. The first-order chi connectivity index (χ1) is 18.7. The number of alkyl halides is 1. The van der Waals surface area contributed by atoms with Crippen molar-refractivity contribution in [2.75, 3.05) is 11.9 Å². The van der Waals surface area contributed by atoms with Gasteiger partial charge in [-0.15, -0.1) is 0 Å². The van der Waals surface area contributed by atoms with Crippen molar-refractivity contribution >= 4 is 17.1 Å². The van der Waals surface area contributed by atoms with Gasteiger partial charge < -0.3 is 15.7 Å². The third-order valence-corrected chi connectivity index (χ3v) is 7.12. The second kappa shape index (κ2) is 10.8. The molecule has 0 aliphatic heterocycles. The Kier molecular flexibility index (Phi) is 7.26. The van der Waals surface area contributed by atoms with Crippen LogP contribution in [0.2, 0.25) is 0 Å². The molecule has 202 valence electrons. The fraction of sp³-hybridized carbons (Fsp3) is 0.407. The molecule has 0 bridgehead atoms. The Morgan fingerprint density at radius 3 is 2.72 bits per heavy atom. The quantitative estimate of drug-likeness (QED) is 0.314. The number of nitriles is 1. The lowest BCUT2D eigenvalue weighted by Gasteiger charge is -2.30. The molecule has 1 atom stereocenters. The Labute approximate surface area is 224 Å². The number of hydrogen-bond acceptors (Lipinski definition) is 8. The van der Waals surface area contributed by atoms with Crippen LogP contribution in [-0.2, 0) is 0 Å². The molecule has 3 N–H and O–H groups in total. The largest absolute Gasteiger partial charge is 0.387 e. The summed E-state index contributed by atoms with van der Waals surface area (Å²) < 4.78 is 17.9. The highest BCUT2D eigenvalue weighted by atomic mass is 19.1. The summed E-state index contributed by atoms with van der Waals surface area (Å²) in [4.78, 5) is 21.7. The van der Waals surface area contributed by atoms with E-state index in [1.54, 1.807) is 23.0 Å². The molecule has 1 saturated carbocycles. The number of nitrogens with zero attached hydrogens (tertiary/aromatic N) is 7. The lowest BCUT2D eigenvalue weighted by atomic mass is 9.91. The molecule has 12 heteroatoms. The van der Waals surface area contributed by atoms with E-state index in [9.17, 15) is 19.6 Å². The fourth-order valence-corrected chi connectivity index (χ4v) is 4.79. The van der Waals surface area contributed by atoms with Crippen LogP contribution in [0.5, 0.6) is 0 Å². The normalized spacial score (nSPS) is 18.4. The van der Waals surface area contributed by atoms with Crippen LogP contribution in [-0.4, -0.2) is 64.7 Å². The zero-order valence-electron chi connectivity index (χ0n) is 21.8. The molecule has 0 saturated heterocycles. The zero-order valence-corrected chi connectivity index (χ0v) is 21.8. The summed E-state index contributed by atoms with van der Waals surface area (Å²) in [7, 11) is 0. The Morgan fingerprint density at radius 2 is 2.03 bits per heavy atom. The van der Waals surface area contributed by atoms with Gasteiger partial charge in [0.05, 0.1) is 58.1 Å². The number of hydrogen-bond donors (Lipinski definition) is 3. The molecule has 5 rings (SSSR count). The van der Waals surface area contributed by atoms with Crippen LogP contribution in [0.15, 0.2) is 49.3 Å². The minimum absolute atomic E-state index is 0.109. The van der Waals surface area contributed by atoms with Gasteiger partial charge in [0.1, 0.15) is 24.9 Å². The molecule has 4 aromatic rings. The molecule has 0 aromatic carbocycles. The van der Waals surface area contributed by atoms with Crippen molar-refractivity contribution in [3.63, 3.8) is 0 Å². The lowest BCUT2D eigenvalue weighted by molar-refractivity contribution is -0.00177. The van der Waals surface area contributed by atoms with Gasteiger partial charge in [-0.3, -0.25) is 9.78 Å². The number of pyridine rings is 1. The van der Waals surface area contributed by atoms with E-state index in [-0.39, 0.29) is 24.2 Å². The number of fused-ring (bicyclic) bond motifs is 1. The van der Waals surface area contributed by atoms with E-state index in [1.807, 2.05) is 16.8 Å². The average Bonchev–Trinajstić information content (AvgIpc) is 3.61. The summed E-state index contributed by atoms with van der Waals surface area (Å²) in [6, 6.07) is 9.71. The van der Waals surface area contributed by atoms with E-state index in [0.717, 1.165) is 31.2 Å². The fourth-order valence-electron chi connectivity index (χ4n) is 4.79. The van der Waals surface area contributed by atoms with Crippen molar-refractivity contribution in [3.05, 3.63) is 60.4 Å². The molecule has 39 heavy (non-hydrogen) atoms. The first-order valence-electron chi connectivity index (χ1n) is 12.9. The average molecular weight is 532 g/mol. The van der Waals surface area contributed by atoms with Crippen LogP contribution in [0.3, 0.4) is 0 Å². The van der Waals surface area contributed by atoms with Crippen molar-refractivity contribution in [3.8, 4) is 17.5 Å². The van der Waals surface area contributed by atoms with E-state index in [4.69, 9.17) is 0 Å². The molecule has 1 aliphatic carbocycles. The summed E-state index contributed by atoms with van der Waals surface area (Å²) in [6.45, 7) is 2.39. The highest BCUT2D eigenvalue weighted by Gasteiger charge is 2.28. The summed E-state index contributed by atoms with van der Waals surface area (Å²) in [5, 5.41) is 33.8. The van der Waals surface area contributed by atoms with E-state index in [1.165, 1.54) is 32.6 Å². The minimum Gasteiger partial charge on any atom is -0.387 e. The Hall–Kier alpha value is -4.37. The van der Waals surface area contributed by atoms with Crippen LogP contribution in [0, 0.1) is 11.3 Å². The van der Waals surface area contributed by atoms with Gasteiger partial charge in [0.25, 0.3) is 5.91 Å². The zero-order chi connectivity index (χ0) is 27.6. The Morgan fingerprint density at radius 1 is 1.23 bits per heavy atom. The van der Waals surface area contributed by atoms with Crippen LogP contribution in [0.25, 0.3) is 16.9 Å². The summed E-state index contributed by atoms with van der Waals surface area (Å²) >= 11 is 0. The van der Waals surface area contributed by atoms with Crippen LogP contribution in [0.1, 0.15) is 61.5 Å². The summed E-state index contributed by atoms with van der Waals surface area (Å²) in [5.41, 5.74) is 1.76. The van der Waals surface area contributed by atoms with Crippen LogP contribution in [0.4, 0.5) is 10.1 Å². The number of amides is 1. The molecule has 4 heterocycles. The Balaban J connectivity index is 1.41. The lowest BCUT2D eigenvalue weighted by Crippen LogP contribution is -2.42. The maximum Gasteiger partial charge on any atom is 0.255 e. The number of nitrogens with one attached hydrogen (secondary N) is 2. The second-order valence-electron chi connectivity index (χ2n) is 10.4. The van der Waals surface area contributed by atoms with Gasteiger partial charge >= 0.3 is 0 Å². The van der Waals surface area contributed by atoms with E-state index in [0.29, 0.717) is 22.6 Å². The predicted molar refractivity (Wildman–Crippen MR) is 142 cm³/mol. The van der Waals surface area contributed by atoms with E-state index in [2.05, 4.69) is 36.9 Å². The molecule has 1 fully saturated rings. The molecule has 1 amide bonds. The van der Waals surface area contributed by atoms with Crippen molar-refractivity contribution in [1.82, 2.24) is 34.7 Å². The molecular formula is C27H30FN9O2. The smallest absolute Gasteiger partial charge is 0.255 e. The number of rotatable bonds is 8. The highest BCUT2D eigenvalue weighted by Crippen LogP contribution is 2.32. The number of aromatic nitrogens is 6. The van der Waals surface area contributed by atoms with Crippen LogP contribution >= 0.6 is 0 Å². The second-order valence-corrected chi connectivity index (χ2v) is 10.4. The molecule has 11 nitrogen and oxygen atoms in total. The van der Waals surface area contributed by atoms with E-state index < -0.39 is 17.7 Å². The monoisotopic (exact) mass is 531 g/mol. The van der Waals surface area contributed by atoms with Crippen molar-refractivity contribution in [2.45, 2.75) is 63.4 Å². The van der Waals surface area contributed by atoms with Gasteiger partial charge in [-0.25, -0.2) is 18.6 Å². The topological polar surface area (TPSA) is 146 Å². The SMILES string of the molecule is CC(C)(O)[C@H](F)CNC(=O)c1cnc(-c2ccc3cc(C#N)cnn23)cc1NC1CCC(n2cncn2)CC1. The molecule has 0 spiro atoms. The third-order valence-electron chi connectivity index (χ3n) is 7.12. The van der Waals surface area contributed by atoms with Gasteiger partial charge in [0.15, 0.2) is 0 Å². The number of carbonyl (C=O) groups is 1. The van der Waals surface area contributed by atoms with Gasteiger partial charge in [-0.05, 0) is 63.8 Å². The van der Waals surface area contributed by atoms with Gasteiger partial charge in [0.2, 0.25) is 0 Å². The molecular weight excluding hydrogens is 501 g/mol.